The summed E-state index contributed by atoms with van der Waals surface area (Å²) in [5, 5.41) is 14.2. The molecule has 0 unspecified atom stereocenters. The quantitative estimate of drug-likeness (QED) is 0.765. The van der Waals surface area contributed by atoms with Crippen LogP contribution in [0.25, 0.3) is 0 Å². The third-order valence-corrected chi connectivity index (χ3v) is 3.61. The van der Waals surface area contributed by atoms with E-state index in [4.69, 9.17) is 39.5 Å². The molecule has 112 valence electrons. The normalized spacial score (nSPS) is 10.5. The van der Waals surface area contributed by atoms with Crippen LogP contribution in [-0.4, -0.2) is 11.7 Å². The van der Waals surface area contributed by atoms with Crippen molar-refractivity contribution in [2.45, 2.75) is 13.5 Å². The van der Waals surface area contributed by atoms with Crippen LogP contribution in [0.3, 0.4) is 0 Å². The van der Waals surface area contributed by atoms with Gasteiger partial charge >= 0.3 is 0 Å². The molecule has 0 aliphatic heterocycles. The molecule has 0 saturated carbocycles. The van der Waals surface area contributed by atoms with E-state index in [1.54, 1.807) is 30.3 Å². The number of hydrogen-bond donors (Lipinski definition) is 2. The zero-order valence-electron chi connectivity index (χ0n) is 11.3. The molecule has 0 atom stereocenters. The zero-order valence-corrected chi connectivity index (χ0v) is 13.6. The second-order valence-corrected chi connectivity index (χ2v) is 5.58. The lowest BCUT2D eigenvalue weighted by molar-refractivity contribution is 0.318. The maximum atomic E-state index is 9.67. The number of rotatable bonds is 5. The molecule has 6 heteroatoms. The van der Waals surface area contributed by atoms with Gasteiger partial charge in [0.2, 0.25) is 0 Å². The van der Waals surface area contributed by atoms with E-state index in [2.05, 4.69) is 5.32 Å². The van der Waals surface area contributed by atoms with Crippen LogP contribution >= 0.6 is 34.8 Å². The van der Waals surface area contributed by atoms with Crippen LogP contribution in [0, 0.1) is 0 Å². The standard InChI is InChI=1S/C15H14Cl3NO2/c1-2-21-14-5-9(3-4-13(14)20)8-19-15-11(17)6-10(16)7-12(15)18/h3-7,19-20H,2,8H2,1H3. The highest BCUT2D eigenvalue weighted by Gasteiger charge is 2.09. The predicted octanol–water partition coefficient (Wildman–Crippen LogP) is 5.36. The van der Waals surface area contributed by atoms with Crippen molar-refractivity contribution >= 4 is 40.5 Å². The van der Waals surface area contributed by atoms with Gasteiger partial charge in [-0.15, -0.1) is 0 Å². The summed E-state index contributed by atoms with van der Waals surface area (Å²) in [4.78, 5) is 0. The van der Waals surface area contributed by atoms with Crippen LogP contribution in [0.5, 0.6) is 11.5 Å². The van der Waals surface area contributed by atoms with Crippen LogP contribution in [0.4, 0.5) is 5.69 Å². The van der Waals surface area contributed by atoms with Crippen LogP contribution in [-0.2, 0) is 6.54 Å². The fraction of sp³-hybridized carbons (Fsp3) is 0.200. The van der Waals surface area contributed by atoms with E-state index >= 15 is 0 Å². The van der Waals surface area contributed by atoms with Crippen LogP contribution in [0.2, 0.25) is 15.1 Å². The summed E-state index contributed by atoms with van der Waals surface area (Å²) in [5.74, 6) is 0.563. The van der Waals surface area contributed by atoms with Crippen molar-refractivity contribution in [3.63, 3.8) is 0 Å². The molecule has 0 amide bonds. The molecule has 0 aromatic heterocycles. The maximum Gasteiger partial charge on any atom is 0.161 e. The van der Waals surface area contributed by atoms with Gasteiger partial charge in [0.15, 0.2) is 11.5 Å². The van der Waals surface area contributed by atoms with Crippen LogP contribution in [0.15, 0.2) is 30.3 Å². The number of ether oxygens (including phenoxy) is 1. The average Bonchev–Trinajstić information content (AvgIpc) is 2.41. The van der Waals surface area contributed by atoms with E-state index in [-0.39, 0.29) is 5.75 Å². The van der Waals surface area contributed by atoms with Crippen molar-refractivity contribution in [2.75, 3.05) is 11.9 Å². The molecule has 2 N–H and O–H groups in total. The smallest absolute Gasteiger partial charge is 0.161 e. The first kappa shape index (κ1) is 16.1. The molecule has 3 nitrogen and oxygen atoms in total. The predicted molar refractivity (Wildman–Crippen MR) is 88.1 cm³/mol. The Morgan fingerprint density at radius 1 is 1.10 bits per heavy atom. The number of aromatic hydroxyl groups is 1. The first-order valence-electron chi connectivity index (χ1n) is 6.34. The molecule has 2 aromatic carbocycles. The first-order valence-corrected chi connectivity index (χ1v) is 7.47. The number of phenols is 1. The molecule has 0 spiro atoms. The van der Waals surface area contributed by atoms with Gasteiger partial charge in [-0.3, -0.25) is 0 Å². The fourth-order valence-corrected chi connectivity index (χ4v) is 2.79. The minimum Gasteiger partial charge on any atom is -0.504 e. The van der Waals surface area contributed by atoms with Crippen molar-refractivity contribution in [3.8, 4) is 11.5 Å². The van der Waals surface area contributed by atoms with Gasteiger partial charge in [-0.25, -0.2) is 0 Å². The number of phenolic OH excluding ortho intramolecular Hbond substituents is 1. The van der Waals surface area contributed by atoms with Crippen molar-refractivity contribution in [1.29, 1.82) is 0 Å². The van der Waals surface area contributed by atoms with E-state index in [0.29, 0.717) is 39.7 Å². The van der Waals surface area contributed by atoms with E-state index in [1.807, 2.05) is 6.92 Å². The van der Waals surface area contributed by atoms with Crippen LogP contribution < -0.4 is 10.1 Å². The number of halogens is 3. The van der Waals surface area contributed by atoms with E-state index in [1.165, 1.54) is 0 Å². The Bertz CT molecular complexity index is 624. The minimum atomic E-state index is 0.114. The Labute approximate surface area is 138 Å². The molecule has 2 aromatic rings. The Balaban J connectivity index is 2.15. The van der Waals surface area contributed by atoms with Crippen molar-refractivity contribution in [2.24, 2.45) is 0 Å². The highest BCUT2D eigenvalue weighted by molar-refractivity contribution is 6.41. The maximum absolute atomic E-state index is 9.67. The van der Waals surface area contributed by atoms with E-state index < -0.39 is 0 Å². The molecular formula is C15H14Cl3NO2. The third kappa shape index (κ3) is 4.10. The second kappa shape index (κ2) is 7.12. The van der Waals surface area contributed by atoms with E-state index in [9.17, 15) is 5.11 Å². The Morgan fingerprint density at radius 3 is 2.38 bits per heavy atom. The van der Waals surface area contributed by atoms with Gasteiger partial charge in [0.25, 0.3) is 0 Å². The largest absolute Gasteiger partial charge is 0.504 e. The molecular weight excluding hydrogens is 333 g/mol. The average molecular weight is 347 g/mol. The number of benzene rings is 2. The summed E-state index contributed by atoms with van der Waals surface area (Å²) < 4.78 is 5.35. The lowest BCUT2D eigenvalue weighted by Crippen LogP contribution is -2.01. The highest BCUT2D eigenvalue weighted by atomic mass is 35.5. The second-order valence-electron chi connectivity index (χ2n) is 4.33. The highest BCUT2D eigenvalue weighted by Crippen LogP contribution is 2.34. The molecule has 0 saturated heterocycles. The third-order valence-electron chi connectivity index (χ3n) is 2.80. The summed E-state index contributed by atoms with van der Waals surface area (Å²) in [7, 11) is 0. The summed E-state index contributed by atoms with van der Waals surface area (Å²) >= 11 is 18.1. The Kier molecular flexibility index (Phi) is 5.45. The van der Waals surface area contributed by atoms with Crippen molar-refractivity contribution in [3.05, 3.63) is 51.0 Å². The molecule has 2 rings (SSSR count). The SMILES string of the molecule is CCOc1cc(CNc2c(Cl)cc(Cl)cc2Cl)ccc1O. The zero-order chi connectivity index (χ0) is 15.4. The van der Waals surface area contributed by atoms with Crippen molar-refractivity contribution < 1.29 is 9.84 Å². The van der Waals surface area contributed by atoms with Gasteiger partial charge < -0.3 is 15.2 Å². The van der Waals surface area contributed by atoms with Gasteiger partial charge in [-0.05, 0) is 36.8 Å². The Hall–Kier alpha value is -1.29. The minimum absolute atomic E-state index is 0.114. The van der Waals surface area contributed by atoms with Gasteiger partial charge in [0, 0.05) is 11.6 Å². The molecule has 21 heavy (non-hydrogen) atoms. The van der Waals surface area contributed by atoms with Crippen molar-refractivity contribution in [1.82, 2.24) is 0 Å². The molecule has 0 aliphatic rings. The number of anilines is 1. The number of hydrogen-bond acceptors (Lipinski definition) is 3. The van der Waals surface area contributed by atoms with Crippen LogP contribution in [0.1, 0.15) is 12.5 Å². The monoisotopic (exact) mass is 345 g/mol. The molecule has 0 radical (unpaired) electrons. The first-order chi connectivity index (χ1) is 10.0. The van der Waals surface area contributed by atoms with Gasteiger partial charge in [0.1, 0.15) is 0 Å². The summed E-state index contributed by atoms with van der Waals surface area (Å²) in [6.07, 6.45) is 0. The molecule has 0 bridgehead atoms. The molecule has 0 fully saturated rings. The van der Waals surface area contributed by atoms with Gasteiger partial charge in [-0.2, -0.15) is 0 Å². The van der Waals surface area contributed by atoms with Gasteiger partial charge in [0.05, 0.1) is 22.3 Å². The number of nitrogens with one attached hydrogen (secondary N) is 1. The summed E-state index contributed by atoms with van der Waals surface area (Å²) in [6.45, 7) is 2.83. The molecule has 0 heterocycles. The molecule has 0 aliphatic carbocycles. The lowest BCUT2D eigenvalue weighted by Gasteiger charge is -2.12. The summed E-state index contributed by atoms with van der Waals surface area (Å²) in [5.41, 5.74) is 1.55. The topological polar surface area (TPSA) is 41.5 Å². The fourth-order valence-electron chi connectivity index (χ4n) is 1.84. The summed E-state index contributed by atoms with van der Waals surface area (Å²) in [6, 6.07) is 8.40. The van der Waals surface area contributed by atoms with E-state index in [0.717, 1.165) is 5.56 Å². The van der Waals surface area contributed by atoms with Gasteiger partial charge in [-0.1, -0.05) is 40.9 Å². The Morgan fingerprint density at radius 2 is 1.76 bits per heavy atom. The lowest BCUT2D eigenvalue weighted by atomic mass is 10.2.